The molecule has 0 amide bonds. The molecule has 2 unspecified atom stereocenters. The molecule has 0 aliphatic carbocycles. The molecule has 53 heavy (non-hydrogen) atoms. The third kappa shape index (κ3) is 37.5. The van der Waals surface area contributed by atoms with E-state index in [0.29, 0.717) is 30.3 Å². The van der Waals surface area contributed by atoms with Gasteiger partial charge >= 0.3 is 19.8 Å². The van der Waals surface area contributed by atoms with Crippen molar-refractivity contribution in [2.45, 2.75) is 135 Å². The lowest BCUT2D eigenvalue weighted by Crippen LogP contribution is -2.37. The van der Waals surface area contributed by atoms with Crippen molar-refractivity contribution in [1.82, 2.24) is 0 Å². The molecule has 0 spiro atoms. The lowest BCUT2D eigenvalue weighted by atomic mass is 10.1. The van der Waals surface area contributed by atoms with Crippen molar-refractivity contribution in [2.24, 2.45) is 0 Å². The molecular weight excluding hydrogens is 693 g/mol. The zero-order valence-corrected chi connectivity index (χ0v) is 34.5. The number of hydrogen-bond acceptors (Lipinski definition) is 8. The van der Waals surface area contributed by atoms with Crippen LogP contribution in [0.4, 0.5) is 0 Å². The highest BCUT2D eigenvalue weighted by molar-refractivity contribution is 7.47. The van der Waals surface area contributed by atoms with Gasteiger partial charge in [-0.3, -0.25) is 18.6 Å². The number of likely N-dealkylation sites (N-methyl/N-ethyl adjacent to an activating group) is 1. The van der Waals surface area contributed by atoms with E-state index in [1.807, 2.05) is 33.3 Å². The van der Waals surface area contributed by atoms with Crippen molar-refractivity contribution < 1.29 is 47.2 Å². The monoisotopic (exact) mass is 767 g/mol. The van der Waals surface area contributed by atoms with Crippen molar-refractivity contribution in [3.8, 4) is 0 Å². The molecule has 2 N–H and O–H groups in total. The van der Waals surface area contributed by atoms with Gasteiger partial charge in [0.2, 0.25) is 0 Å². The number of nitrogens with zero attached hydrogens (tertiary/aromatic N) is 1. The zero-order valence-electron chi connectivity index (χ0n) is 33.6. The quantitative estimate of drug-likeness (QED) is 0.0164. The first-order chi connectivity index (χ1) is 25.4. The summed E-state index contributed by atoms with van der Waals surface area (Å²) < 4.78 is 34.0. The second kappa shape index (κ2) is 33.9. The van der Waals surface area contributed by atoms with Gasteiger partial charge in [-0.1, -0.05) is 119 Å². The average Bonchev–Trinajstić information content (AvgIpc) is 3.09. The van der Waals surface area contributed by atoms with E-state index in [4.69, 9.17) is 18.5 Å². The number of ether oxygens (including phenoxy) is 2. The van der Waals surface area contributed by atoms with Crippen LogP contribution in [-0.4, -0.2) is 86.1 Å². The topological polar surface area (TPSA) is 129 Å². The number of hydrogen-bond donors (Lipinski definition) is 2. The Labute approximate surface area is 321 Å². The molecule has 0 aromatic heterocycles. The second-order valence-electron chi connectivity index (χ2n) is 14.1. The Hall–Kier alpha value is -2.59. The number of carbonyl (C=O) groups is 2. The minimum Gasteiger partial charge on any atom is -0.462 e. The molecule has 0 fully saturated rings. The van der Waals surface area contributed by atoms with E-state index >= 15 is 0 Å². The van der Waals surface area contributed by atoms with Gasteiger partial charge in [0.1, 0.15) is 19.8 Å². The highest BCUT2D eigenvalue weighted by atomic mass is 31.2. The highest BCUT2D eigenvalue weighted by Crippen LogP contribution is 2.43. The number of quaternary nitrogens is 1. The van der Waals surface area contributed by atoms with E-state index in [1.54, 1.807) is 12.2 Å². The standard InChI is InChI=1S/C42H72NO9P/c1-6-8-10-12-14-16-18-19-21-22-24-26-28-31-39(44)32-30-34-42(46)52-40(38-51-53(47,48)50-36-35-43(3,4)5)37-49-41(45)33-29-27-25-23-20-17-15-13-11-9-7-2/h8,10,13-16,19,21,24,26,28,31,39-40,44H,6-7,9,11-12,17-18,20,22-23,25,27,29-30,32-38H2,1-5H3/p+1/b10-8-,15-13-,16-14-,21-19-,26-24-,31-28+/t39?,40-/m1/s1. The lowest BCUT2D eigenvalue weighted by Gasteiger charge is -2.24. The first-order valence-corrected chi connectivity index (χ1v) is 21.3. The van der Waals surface area contributed by atoms with Crippen LogP contribution in [0.1, 0.15) is 123 Å². The minimum atomic E-state index is -4.43. The van der Waals surface area contributed by atoms with E-state index < -0.39 is 38.6 Å². The molecule has 0 aliphatic heterocycles. The molecule has 0 heterocycles. The average molecular weight is 767 g/mol. The minimum absolute atomic E-state index is 0.00460. The Morgan fingerprint density at radius 2 is 1.30 bits per heavy atom. The van der Waals surface area contributed by atoms with Crippen molar-refractivity contribution in [3.63, 3.8) is 0 Å². The largest absolute Gasteiger partial charge is 0.472 e. The normalized spacial score (nSPS) is 15.1. The fraction of sp³-hybridized carbons (Fsp3) is 0.667. The first-order valence-electron chi connectivity index (χ1n) is 19.8. The van der Waals surface area contributed by atoms with Crippen LogP contribution in [0.5, 0.6) is 0 Å². The van der Waals surface area contributed by atoms with Gasteiger partial charge in [-0.25, -0.2) is 4.57 Å². The molecule has 0 aromatic carbocycles. The van der Waals surface area contributed by atoms with Gasteiger partial charge in [0.15, 0.2) is 6.10 Å². The SMILES string of the molecule is CC/C=C\C/C=C\C/C=C\C/C=C\C=C\C(O)CCCC(=O)O[C@H](COC(=O)CCCCCCC/C=C\CCCC)COP(=O)(O)OCC[N+](C)(C)C. The Morgan fingerprint density at radius 3 is 1.96 bits per heavy atom. The molecule has 3 atom stereocenters. The molecule has 10 nitrogen and oxygen atoms in total. The summed E-state index contributed by atoms with van der Waals surface area (Å²) in [6.45, 7) is 3.99. The second-order valence-corrected chi connectivity index (χ2v) is 15.6. The van der Waals surface area contributed by atoms with Crippen molar-refractivity contribution in [2.75, 3.05) is 47.5 Å². The van der Waals surface area contributed by atoms with Crippen LogP contribution >= 0.6 is 7.82 Å². The summed E-state index contributed by atoms with van der Waals surface area (Å²) in [7, 11) is 1.34. The van der Waals surface area contributed by atoms with Gasteiger partial charge in [0, 0.05) is 12.8 Å². The highest BCUT2D eigenvalue weighted by Gasteiger charge is 2.27. The van der Waals surface area contributed by atoms with Crippen LogP contribution in [-0.2, 0) is 32.7 Å². The molecule has 0 aliphatic rings. The smallest absolute Gasteiger partial charge is 0.462 e. The predicted octanol–water partition coefficient (Wildman–Crippen LogP) is 9.65. The van der Waals surface area contributed by atoms with Crippen LogP contribution in [0.2, 0.25) is 0 Å². The van der Waals surface area contributed by atoms with Crippen LogP contribution in [0.15, 0.2) is 72.9 Å². The lowest BCUT2D eigenvalue weighted by molar-refractivity contribution is -0.870. The van der Waals surface area contributed by atoms with E-state index in [2.05, 4.69) is 62.5 Å². The predicted molar refractivity (Wildman–Crippen MR) is 216 cm³/mol. The van der Waals surface area contributed by atoms with Crippen molar-refractivity contribution in [1.29, 1.82) is 0 Å². The molecule has 0 bridgehead atoms. The third-order valence-electron chi connectivity index (χ3n) is 7.82. The summed E-state index contributed by atoms with van der Waals surface area (Å²) in [5, 5.41) is 10.3. The van der Waals surface area contributed by atoms with E-state index in [9.17, 15) is 24.2 Å². The number of esters is 2. The fourth-order valence-corrected chi connectivity index (χ4v) is 5.41. The fourth-order valence-electron chi connectivity index (χ4n) is 4.67. The molecule has 0 aromatic rings. The summed E-state index contributed by atoms with van der Waals surface area (Å²) >= 11 is 0. The van der Waals surface area contributed by atoms with Crippen molar-refractivity contribution >= 4 is 19.8 Å². The van der Waals surface area contributed by atoms with Gasteiger partial charge in [-0.2, -0.15) is 0 Å². The molecule has 11 heteroatoms. The Bertz CT molecular complexity index is 1150. The van der Waals surface area contributed by atoms with Gasteiger partial charge in [-0.05, 0) is 64.2 Å². The number of phosphoric acid groups is 1. The van der Waals surface area contributed by atoms with E-state index in [1.165, 1.54) is 12.8 Å². The van der Waals surface area contributed by atoms with Gasteiger partial charge in [0.05, 0.1) is 33.9 Å². The van der Waals surface area contributed by atoms with Crippen LogP contribution in [0.3, 0.4) is 0 Å². The summed E-state index contributed by atoms with van der Waals surface area (Å²) in [6, 6.07) is 0. The maximum absolute atomic E-state index is 12.6. The molecule has 0 rings (SSSR count). The molecule has 0 saturated carbocycles. The maximum atomic E-state index is 12.6. The van der Waals surface area contributed by atoms with E-state index in [0.717, 1.165) is 64.2 Å². The third-order valence-corrected chi connectivity index (χ3v) is 8.81. The van der Waals surface area contributed by atoms with Gasteiger partial charge in [-0.15, -0.1) is 0 Å². The number of rotatable bonds is 34. The Morgan fingerprint density at radius 1 is 0.698 bits per heavy atom. The number of carbonyl (C=O) groups excluding carboxylic acids is 2. The molecule has 0 saturated heterocycles. The number of aliphatic hydroxyl groups is 1. The molecular formula is C42H73NO9P+. The Kier molecular flexibility index (Phi) is 32.3. The zero-order chi connectivity index (χ0) is 39.5. The summed E-state index contributed by atoms with van der Waals surface area (Å²) in [4.78, 5) is 35.2. The van der Waals surface area contributed by atoms with Crippen LogP contribution in [0.25, 0.3) is 0 Å². The number of aliphatic hydroxyl groups excluding tert-OH is 1. The molecule has 304 valence electrons. The summed E-state index contributed by atoms with van der Waals surface area (Å²) in [5.41, 5.74) is 0. The van der Waals surface area contributed by atoms with Crippen molar-refractivity contribution in [3.05, 3.63) is 72.9 Å². The van der Waals surface area contributed by atoms with Crippen LogP contribution < -0.4 is 0 Å². The Balaban J connectivity index is 4.67. The summed E-state index contributed by atoms with van der Waals surface area (Å²) in [5.74, 6) is -1.02. The maximum Gasteiger partial charge on any atom is 0.472 e. The first kappa shape index (κ1) is 50.4. The van der Waals surface area contributed by atoms with Gasteiger partial charge in [0.25, 0.3) is 0 Å². The van der Waals surface area contributed by atoms with Crippen LogP contribution in [0, 0.1) is 0 Å². The molecule has 0 radical (unpaired) electrons. The summed E-state index contributed by atoms with van der Waals surface area (Å²) in [6.07, 6.45) is 37.0. The number of allylic oxidation sites excluding steroid dienone is 11. The van der Waals surface area contributed by atoms with E-state index in [-0.39, 0.29) is 26.1 Å². The number of phosphoric ester groups is 1. The number of unbranched alkanes of at least 4 members (excludes halogenated alkanes) is 7. The van der Waals surface area contributed by atoms with Gasteiger partial charge < -0.3 is 24.0 Å².